The highest BCUT2D eigenvalue weighted by molar-refractivity contribution is 6.27. The van der Waals surface area contributed by atoms with Gasteiger partial charge >= 0.3 is 0 Å². The molecule has 0 saturated carbocycles. The topological polar surface area (TPSA) is 0 Å². The van der Waals surface area contributed by atoms with Crippen molar-refractivity contribution in [1.82, 2.24) is 0 Å². The summed E-state index contributed by atoms with van der Waals surface area (Å²) in [4.78, 5) is 0. The molecule has 0 fully saturated rings. The van der Waals surface area contributed by atoms with Gasteiger partial charge in [0.1, 0.15) is 0 Å². The van der Waals surface area contributed by atoms with Crippen molar-refractivity contribution in [2.75, 3.05) is 0 Å². The fourth-order valence-corrected chi connectivity index (χ4v) is 6.10. The Kier molecular flexibility index (Phi) is 7.02. The lowest BCUT2D eigenvalue weighted by atomic mass is 9.81. The Labute approximate surface area is 247 Å². The van der Waals surface area contributed by atoms with Gasteiger partial charge < -0.3 is 0 Å². The Morgan fingerprint density at radius 3 is 0.833 bits per heavy atom. The van der Waals surface area contributed by atoms with Crippen LogP contribution in [0.25, 0.3) is 66.1 Å². The van der Waals surface area contributed by atoms with Crippen molar-refractivity contribution in [3.8, 4) is 44.5 Å². The molecule has 7 aromatic carbocycles. The van der Waals surface area contributed by atoms with Gasteiger partial charge in [-0.3, -0.25) is 0 Å². The molecule has 0 aliphatic rings. The average Bonchev–Trinajstić information content (AvgIpc) is 3.07. The molecule has 0 nitrogen and oxygen atoms in total. The summed E-state index contributed by atoms with van der Waals surface area (Å²) in [6.45, 7) is 0. The van der Waals surface area contributed by atoms with E-state index in [2.05, 4.69) is 182 Å². The average molecular weight is 535 g/mol. The summed E-state index contributed by atoms with van der Waals surface area (Å²) in [5.41, 5.74) is 9.66. The molecule has 0 N–H and O–H groups in total. The number of fused-ring (bicyclic) bond motifs is 2. The lowest BCUT2D eigenvalue weighted by Gasteiger charge is -2.21. The Bertz CT molecular complexity index is 1890. The fourth-order valence-electron chi connectivity index (χ4n) is 6.10. The van der Waals surface area contributed by atoms with Crippen LogP contribution in [-0.2, 0) is 0 Å². The molecule has 0 amide bonds. The largest absolute Gasteiger partial charge is 0.0622 e. The van der Waals surface area contributed by atoms with Crippen molar-refractivity contribution in [3.63, 3.8) is 0 Å². The van der Waals surface area contributed by atoms with Gasteiger partial charge in [0.25, 0.3) is 0 Å². The second kappa shape index (κ2) is 11.6. The van der Waals surface area contributed by atoms with Gasteiger partial charge in [0, 0.05) is 0 Å². The third kappa shape index (κ3) is 4.74. The summed E-state index contributed by atoms with van der Waals surface area (Å²) < 4.78 is 0. The predicted molar refractivity (Wildman–Crippen MR) is 181 cm³/mol. The fraction of sp³-hybridized carbons (Fsp3) is 0. The van der Waals surface area contributed by atoms with Gasteiger partial charge in [0.05, 0.1) is 0 Å². The van der Waals surface area contributed by atoms with Crippen molar-refractivity contribution in [2.24, 2.45) is 0 Å². The zero-order valence-electron chi connectivity index (χ0n) is 23.3. The minimum Gasteiger partial charge on any atom is -0.0622 e. The molecule has 0 aromatic heterocycles. The molecule has 198 valence electrons. The molecule has 0 unspecified atom stereocenters. The van der Waals surface area contributed by atoms with Crippen molar-refractivity contribution in [2.45, 2.75) is 0 Å². The maximum absolute atomic E-state index is 2.29. The molecule has 0 aliphatic heterocycles. The number of rotatable bonds is 4. The molecule has 0 spiro atoms. The first-order valence-corrected chi connectivity index (χ1v) is 14.5. The van der Waals surface area contributed by atoms with Crippen molar-refractivity contribution < 1.29 is 0 Å². The maximum Gasteiger partial charge on any atom is -0.000786 e. The zero-order valence-corrected chi connectivity index (χ0v) is 23.3. The van der Waals surface area contributed by atoms with Crippen molar-refractivity contribution >= 4 is 21.5 Å². The predicted octanol–water partition coefficient (Wildman–Crippen LogP) is 11.8. The normalized spacial score (nSPS) is 10.9. The second-order valence-electron chi connectivity index (χ2n) is 10.4. The molecule has 0 heterocycles. The molecule has 0 radical (unpaired) electrons. The van der Waals surface area contributed by atoms with Gasteiger partial charge in [-0.05, 0) is 66.1 Å². The third-order valence-corrected chi connectivity index (χ3v) is 7.91. The van der Waals surface area contributed by atoms with Gasteiger partial charge in [-0.2, -0.15) is 0 Å². The van der Waals surface area contributed by atoms with E-state index in [1.54, 1.807) is 0 Å². The minimum atomic E-state index is 1.19. The van der Waals surface area contributed by atoms with E-state index in [1.165, 1.54) is 66.1 Å². The zero-order chi connectivity index (χ0) is 28.1. The van der Waals surface area contributed by atoms with Gasteiger partial charge in [0.2, 0.25) is 0 Å². The maximum atomic E-state index is 2.29. The van der Waals surface area contributed by atoms with E-state index in [4.69, 9.17) is 0 Å². The Balaban J connectivity index is 1.88. The van der Waals surface area contributed by atoms with Crippen LogP contribution in [0.1, 0.15) is 0 Å². The molecular formula is C42H30. The molecule has 0 saturated heterocycles. The van der Waals surface area contributed by atoms with Gasteiger partial charge in [0.15, 0.2) is 0 Å². The quantitative estimate of drug-likeness (QED) is 0.211. The summed E-state index contributed by atoms with van der Waals surface area (Å²) in [7, 11) is 0. The molecule has 42 heavy (non-hydrogen) atoms. The van der Waals surface area contributed by atoms with E-state index in [0.29, 0.717) is 0 Å². The summed E-state index contributed by atoms with van der Waals surface area (Å²) in [6.07, 6.45) is 0. The lowest BCUT2D eigenvalue weighted by molar-refractivity contribution is 1.62. The van der Waals surface area contributed by atoms with Crippen LogP contribution in [0.4, 0.5) is 0 Å². The van der Waals surface area contributed by atoms with Crippen LogP contribution in [0, 0.1) is 0 Å². The number of hydrogen-bond acceptors (Lipinski definition) is 0. The molecule has 7 aromatic rings. The van der Waals surface area contributed by atoms with E-state index in [-0.39, 0.29) is 0 Å². The molecule has 7 rings (SSSR count). The van der Waals surface area contributed by atoms with Crippen LogP contribution in [0.15, 0.2) is 182 Å². The molecule has 0 aliphatic carbocycles. The Morgan fingerprint density at radius 2 is 0.476 bits per heavy atom. The summed E-state index contributed by atoms with van der Waals surface area (Å²) >= 11 is 0. The highest BCUT2D eigenvalue weighted by Crippen LogP contribution is 2.48. The second-order valence-corrected chi connectivity index (χ2v) is 10.4. The minimum absolute atomic E-state index is 1.19. The van der Waals surface area contributed by atoms with Gasteiger partial charge in [-0.25, -0.2) is 0 Å². The van der Waals surface area contributed by atoms with E-state index in [1.807, 2.05) is 0 Å². The number of hydrogen-bond donors (Lipinski definition) is 0. The van der Waals surface area contributed by atoms with E-state index in [0.717, 1.165) is 0 Å². The first-order valence-electron chi connectivity index (χ1n) is 14.5. The van der Waals surface area contributed by atoms with Crippen LogP contribution in [0.2, 0.25) is 0 Å². The smallest absolute Gasteiger partial charge is 0.000786 e. The van der Waals surface area contributed by atoms with Crippen molar-refractivity contribution in [3.05, 3.63) is 182 Å². The molecule has 0 bridgehead atoms. The first-order chi connectivity index (χ1) is 20.9. The standard InChI is InChI=1S/C42H30/c1-2-16-28-36(32-21-9-4-10-22-32)42-40(34-25-13-6-14-26-34)38-30-18-17-29-37(38)39(33-23-11-5-12-24-33)41(42)35(27-15-1)31-19-7-3-8-20-31/h1-30H. The Morgan fingerprint density at radius 1 is 0.214 bits per heavy atom. The highest BCUT2D eigenvalue weighted by Gasteiger charge is 2.21. The molecular weight excluding hydrogens is 504 g/mol. The van der Waals surface area contributed by atoms with Gasteiger partial charge in [-0.15, -0.1) is 0 Å². The molecule has 0 atom stereocenters. The van der Waals surface area contributed by atoms with E-state index < -0.39 is 0 Å². The van der Waals surface area contributed by atoms with Crippen LogP contribution >= 0.6 is 0 Å². The summed E-state index contributed by atoms with van der Waals surface area (Å²) in [5, 5.41) is 4.96. The third-order valence-electron chi connectivity index (χ3n) is 7.91. The van der Waals surface area contributed by atoms with Crippen LogP contribution < -0.4 is 0 Å². The first kappa shape index (κ1) is 25.5. The van der Waals surface area contributed by atoms with Crippen molar-refractivity contribution in [1.29, 1.82) is 0 Å². The van der Waals surface area contributed by atoms with Crippen LogP contribution in [-0.4, -0.2) is 0 Å². The van der Waals surface area contributed by atoms with Gasteiger partial charge in [-0.1, -0.05) is 182 Å². The van der Waals surface area contributed by atoms with E-state index >= 15 is 0 Å². The highest BCUT2D eigenvalue weighted by atomic mass is 14.2. The SMILES string of the molecule is c1ccc(-c2ccccccc(-c3ccccc3)c3c(-c4ccccc4)c4ccccc4c(-c4ccccc4)c23)cc1. The van der Waals surface area contributed by atoms with Crippen LogP contribution in [0.3, 0.4) is 0 Å². The van der Waals surface area contributed by atoms with Crippen LogP contribution in [0.5, 0.6) is 0 Å². The number of benzene rings is 6. The Hall–Kier alpha value is -5.46. The monoisotopic (exact) mass is 534 g/mol. The molecule has 0 heteroatoms. The lowest BCUT2D eigenvalue weighted by Crippen LogP contribution is -1.94. The summed E-state index contributed by atoms with van der Waals surface area (Å²) in [5.74, 6) is 0. The summed E-state index contributed by atoms with van der Waals surface area (Å²) in [6, 6.07) is 65.4. The van der Waals surface area contributed by atoms with E-state index in [9.17, 15) is 0 Å².